The summed E-state index contributed by atoms with van der Waals surface area (Å²) in [4.78, 5) is 0. The maximum Gasteiger partial charge on any atom is 0.361 e. The summed E-state index contributed by atoms with van der Waals surface area (Å²) in [6.45, 7) is 2.20. The van der Waals surface area contributed by atoms with Gasteiger partial charge < -0.3 is 0 Å². The molecule has 0 saturated carbocycles. The summed E-state index contributed by atoms with van der Waals surface area (Å²) in [6.07, 6.45) is 6.30. The lowest BCUT2D eigenvalue weighted by atomic mass is 9.93. The van der Waals surface area contributed by atoms with Gasteiger partial charge in [-0.25, -0.2) is 4.42 Å². The van der Waals surface area contributed by atoms with Gasteiger partial charge in [0, 0.05) is 18.1 Å². The summed E-state index contributed by atoms with van der Waals surface area (Å²) in [5.41, 5.74) is 2.31. The summed E-state index contributed by atoms with van der Waals surface area (Å²) in [7, 11) is 0. The molecule has 0 bridgehead atoms. The topological polar surface area (TPSA) is 11.3 Å². The largest absolute Gasteiger partial charge is 0.361 e. The number of rotatable bonds is 0. The molecule has 14 heavy (non-hydrogen) atoms. The molecule has 2 aliphatic rings. The Kier molecular flexibility index (Phi) is 1.48. The Morgan fingerprint density at radius 1 is 1.21 bits per heavy atom. The van der Waals surface area contributed by atoms with Crippen molar-refractivity contribution >= 4 is 5.57 Å². The molecule has 3 rings (SSSR count). The molecule has 1 nitrogen and oxygen atoms in total. The third-order valence-electron chi connectivity index (χ3n) is 2.77. The van der Waals surface area contributed by atoms with Gasteiger partial charge in [-0.2, -0.15) is 0 Å². The number of fused-ring (bicyclic) bond motifs is 2. The van der Waals surface area contributed by atoms with Crippen LogP contribution in [0.15, 0.2) is 52.7 Å². The number of hydrogen-bond acceptors (Lipinski definition) is 0. The van der Waals surface area contributed by atoms with Gasteiger partial charge in [0.25, 0.3) is 0 Å². The average molecular weight is 183 g/mol. The minimum Gasteiger partial charge on any atom is -0.207 e. The van der Waals surface area contributed by atoms with Crippen LogP contribution in [0.5, 0.6) is 0 Å². The third kappa shape index (κ3) is 0.925. The van der Waals surface area contributed by atoms with E-state index >= 15 is 0 Å². The molecule has 0 fully saturated rings. The first-order chi connectivity index (χ1) is 6.86. The number of benzene rings is 1. The molecule has 0 N–H and O–H groups in total. The van der Waals surface area contributed by atoms with Gasteiger partial charge in [-0.15, -0.1) is 0 Å². The van der Waals surface area contributed by atoms with Crippen LogP contribution in [0.4, 0.5) is 0 Å². The molecule has 0 aromatic heterocycles. The quantitative estimate of drug-likeness (QED) is 0.541. The minimum absolute atomic E-state index is 0.457. The average Bonchev–Trinajstić information content (AvgIpc) is 2.57. The fraction of sp³-hybridized carbons (Fsp3) is 0.154. The maximum atomic E-state index is 5.75. The molecule has 1 aliphatic heterocycles. The Balaban J connectivity index is 2.45. The predicted octanol–water partition coefficient (Wildman–Crippen LogP) is 1.56. The van der Waals surface area contributed by atoms with Crippen LogP contribution < -0.4 is 10.6 Å². The second-order valence-corrected chi connectivity index (χ2v) is 3.72. The van der Waals surface area contributed by atoms with Crippen LogP contribution >= 0.6 is 0 Å². The molecule has 1 aromatic carbocycles. The van der Waals surface area contributed by atoms with E-state index in [1.165, 1.54) is 10.8 Å². The standard InChI is InChI=1S/C13H11O/c1-9-5-4-8-12-13(9)10-6-2-3-7-11(10)14-12/h2-9H,1H3/q+1. The molecule has 1 unspecified atom stereocenters. The Bertz CT molecular complexity index is 561. The van der Waals surface area contributed by atoms with Crippen LogP contribution in [0.3, 0.4) is 0 Å². The van der Waals surface area contributed by atoms with E-state index in [2.05, 4.69) is 31.2 Å². The molecular formula is C13H11O+. The summed E-state index contributed by atoms with van der Waals surface area (Å²) < 4.78 is 5.75. The minimum atomic E-state index is 0.457. The Morgan fingerprint density at radius 3 is 3.00 bits per heavy atom. The van der Waals surface area contributed by atoms with Crippen molar-refractivity contribution in [1.29, 1.82) is 0 Å². The van der Waals surface area contributed by atoms with Crippen molar-refractivity contribution in [2.75, 3.05) is 0 Å². The van der Waals surface area contributed by atoms with Crippen LogP contribution in [-0.2, 0) is 0 Å². The lowest BCUT2D eigenvalue weighted by Gasteiger charge is -2.05. The maximum absolute atomic E-state index is 5.75. The fourth-order valence-corrected chi connectivity index (χ4v) is 2.08. The molecule has 0 radical (unpaired) electrons. The Morgan fingerprint density at radius 2 is 2.07 bits per heavy atom. The molecule has 0 amide bonds. The molecule has 0 saturated heterocycles. The van der Waals surface area contributed by atoms with Crippen molar-refractivity contribution in [3.8, 4) is 0 Å². The van der Waals surface area contributed by atoms with Crippen LogP contribution in [0.25, 0.3) is 5.57 Å². The number of allylic oxidation sites excluding steroid dienone is 4. The zero-order chi connectivity index (χ0) is 9.54. The van der Waals surface area contributed by atoms with Gasteiger partial charge in [-0.1, -0.05) is 31.2 Å². The molecule has 1 aliphatic carbocycles. The van der Waals surface area contributed by atoms with Gasteiger partial charge in [0.1, 0.15) is 0 Å². The van der Waals surface area contributed by atoms with E-state index in [9.17, 15) is 0 Å². The molecule has 0 spiro atoms. The molecule has 68 valence electrons. The molecule has 1 aromatic rings. The van der Waals surface area contributed by atoms with Crippen molar-refractivity contribution in [2.24, 2.45) is 5.92 Å². The van der Waals surface area contributed by atoms with Crippen molar-refractivity contribution in [2.45, 2.75) is 6.92 Å². The predicted molar refractivity (Wildman–Crippen MR) is 57.7 cm³/mol. The first-order valence-electron chi connectivity index (χ1n) is 4.89. The van der Waals surface area contributed by atoms with E-state index in [1.807, 2.05) is 18.2 Å². The van der Waals surface area contributed by atoms with Gasteiger partial charge >= 0.3 is 11.2 Å². The van der Waals surface area contributed by atoms with Crippen LogP contribution in [0.2, 0.25) is 0 Å². The molecule has 1 heteroatoms. The van der Waals surface area contributed by atoms with Gasteiger partial charge in [-0.3, -0.25) is 0 Å². The smallest absolute Gasteiger partial charge is 0.207 e. The van der Waals surface area contributed by atoms with E-state index in [-0.39, 0.29) is 0 Å². The third-order valence-corrected chi connectivity index (χ3v) is 2.77. The lowest BCUT2D eigenvalue weighted by Crippen LogP contribution is -2.23. The van der Waals surface area contributed by atoms with Crippen LogP contribution in [0.1, 0.15) is 6.92 Å². The van der Waals surface area contributed by atoms with Crippen molar-refractivity contribution in [1.82, 2.24) is 0 Å². The first-order valence-corrected chi connectivity index (χ1v) is 4.89. The highest BCUT2D eigenvalue weighted by Crippen LogP contribution is 2.27. The van der Waals surface area contributed by atoms with E-state index < -0.39 is 0 Å². The second-order valence-electron chi connectivity index (χ2n) is 3.72. The van der Waals surface area contributed by atoms with E-state index in [0.29, 0.717) is 5.92 Å². The Hall–Kier alpha value is -1.63. The molecule has 1 atom stereocenters. The van der Waals surface area contributed by atoms with Crippen molar-refractivity contribution in [3.05, 3.63) is 63.3 Å². The first kappa shape index (κ1) is 7.74. The fourth-order valence-electron chi connectivity index (χ4n) is 2.08. The summed E-state index contributed by atoms with van der Waals surface area (Å²) in [5, 5.41) is 1.25. The highest BCUT2D eigenvalue weighted by atomic mass is 16.4. The monoisotopic (exact) mass is 183 g/mol. The van der Waals surface area contributed by atoms with Gasteiger partial charge in [0.05, 0.1) is 10.8 Å². The van der Waals surface area contributed by atoms with Gasteiger partial charge in [0.2, 0.25) is 0 Å². The van der Waals surface area contributed by atoms with Crippen molar-refractivity contribution in [3.63, 3.8) is 0 Å². The summed E-state index contributed by atoms with van der Waals surface area (Å²) >= 11 is 0. The summed E-state index contributed by atoms with van der Waals surface area (Å²) in [5.74, 6) is 1.47. The van der Waals surface area contributed by atoms with Crippen LogP contribution in [0, 0.1) is 5.92 Å². The number of hydrogen-bond donors (Lipinski definition) is 0. The summed E-state index contributed by atoms with van der Waals surface area (Å²) in [6, 6.07) is 8.22. The zero-order valence-corrected chi connectivity index (χ0v) is 8.03. The van der Waals surface area contributed by atoms with Crippen molar-refractivity contribution < 1.29 is 0 Å². The Labute approximate surface area is 82.4 Å². The van der Waals surface area contributed by atoms with Crippen LogP contribution in [-0.4, -0.2) is 0 Å². The molecule has 1 heterocycles. The van der Waals surface area contributed by atoms with Gasteiger partial charge in [-0.05, 0) is 6.07 Å². The lowest BCUT2D eigenvalue weighted by molar-refractivity contribution is 0.951. The highest BCUT2D eigenvalue weighted by Gasteiger charge is 2.29. The second kappa shape index (κ2) is 2.68. The van der Waals surface area contributed by atoms with Gasteiger partial charge in [0.15, 0.2) is 0 Å². The highest BCUT2D eigenvalue weighted by molar-refractivity contribution is 5.73. The van der Waals surface area contributed by atoms with E-state index in [0.717, 1.165) is 11.2 Å². The molecular weight excluding hydrogens is 172 g/mol. The van der Waals surface area contributed by atoms with E-state index in [1.54, 1.807) is 0 Å². The number of para-hydroxylation sites is 1. The zero-order valence-electron chi connectivity index (χ0n) is 8.03. The van der Waals surface area contributed by atoms with E-state index in [4.69, 9.17) is 4.42 Å². The SMILES string of the molecule is CC1C=CC=C2[O+]=c3ccccc3=C21. The normalized spacial score (nSPS) is 22.5.